The van der Waals surface area contributed by atoms with Crippen LogP contribution in [0.25, 0.3) is 0 Å². The van der Waals surface area contributed by atoms with E-state index in [1.165, 1.54) is 12.8 Å². The van der Waals surface area contributed by atoms with Crippen LogP contribution >= 0.6 is 0 Å². The molecule has 4 atom stereocenters. The lowest BCUT2D eigenvalue weighted by atomic mass is 9.82. The van der Waals surface area contributed by atoms with Crippen LogP contribution in [0.2, 0.25) is 0 Å². The van der Waals surface area contributed by atoms with Crippen LogP contribution in [0.4, 0.5) is 0 Å². The zero-order valence-electron chi connectivity index (χ0n) is 15.6. The minimum absolute atomic E-state index is 0.0555. The molecule has 0 amide bonds. The Hall–Kier alpha value is -1.06. The molecular weight excluding hydrogens is 304 g/mol. The average molecular weight is 338 g/mol. The number of ether oxygens (including phenoxy) is 2. The summed E-state index contributed by atoms with van der Waals surface area (Å²) in [5.41, 5.74) is 0. The lowest BCUT2D eigenvalue weighted by molar-refractivity contribution is -0.155. The Labute approximate surface area is 146 Å². The zero-order chi connectivity index (χ0) is 17.5. The van der Waals surface area contributed by atoms with Crippen molar-refractivity contribution in [3.8, 4) is 0 Å². The van der Waals surface area contributed by atoms with E-state index in [9.17, 15) is 9.59 Å². The summed E-state index contributed by atoms with van der Waals surface area (Å²) in [6.45, 7) is 7.06. The molecule has 0 aliphatic heterocycles. The van der Waals surface area contributed by atoms with E-state index in [1.807, 2.05) is 6.92 Å². The third-order valence-corrected chi connectivity index (χ3v) is 5.56. The number of carbonyl (C=O) groups is 2. The fraction of sp³-hybridized carbons (Fsp3) is 0.900. The van der Waals surface area contributed by atoms with Crippen molar-refractivity contribution in [2.75, 3.05) is 13.2 Å². The van der Waals surface area contributed by atoms with E-state index in [0.717, 1.165) is 38.5 Å². The summed E-state index contributed by atoms with van der Waals surface area (Å²) < 4.78 is 10.9. The highest BCUT2D eigenvalue weighted by molar-refractivity contribution is 5.73. The van der Waals surface area contributed by atoms with Crippen molar-refractivity contribution in [2.24, 2.45) is 29.6 Å². The summed E-state index contributed by atoms with van der Waals surface area (Å²) in [6, 6.07) is 0. The van der Waals surface area contributed by atoms with Crippen LogP contribution < -0.4 is 0 Å². The van der Waals surface area contributed by atoms with Crippen LogP contribution in [0.5, 0.6) is 0 Å². The Morgan fingerprint density at radius 3 is 1.62 bits per heavy atom. The van der Waals surface area contributed by atoms with Gasteiger partial charge in [0.2, 0.25) is 0 Å². The highest BCUT2D eigenvalue weighted by Crippen LogP contribution is 2.30. The summed E-state index contributed by atoms with van der Waals surface area (Å²) in [5, 5.41) is 0. The fourth-order valence-corrected chi connectivity index (χ4v) is 4.03. The van der Waals surface area contributed by atoms with E-state index in [2.05, 4.69) is 13.8 Å². The fourth-order valence-electron chi connectivity index (χ4n) is 4.03. The monoisotopic (exact) mass is 338 g/mol. The van der Waals surface area contributed by atoms with Crippen molar-refractivity contribution in [1.29, 1.82) is 0 Å². The van der Waals surface area contributed by atoms with Gasteiger partial charge in [-0.25, -0.2) is 0 Å². The minimum atomic E-state index is -0.0687. The number of esters is 2. The van der Waals surface area contributed by atoms with Gasteiger partial charge in [-0.05, 0) is 37.5 Å². The third kappa shape index (κ3) is 6.10. The van der Waals surface area contributed by atoms with E-state index in [4.69, 9.17) is 9.47 Å². The Kier molecular flexibility index (Phi) is 7.57. The van der Waals surface area contributed by atoms with Gasteiger partial charge in [0, 0.05) is 5.92 Å². The second-order valence-electron chi connectivity index (χ2n) is 8.30. The van der Waals surface area contributed by atoms with Crippen LogP contribution in [-0.2, 0) is 19.1 Å². The molecule has 2 fully saturated rings. The van der Waals surface area contributed by atoms with Crippen molar-refractivity contribution < 1.29 is 19.1 Å². The molecule has 2 aliphatic rings. The van der Waals surface area contributed by atoms with Crippen LogP contribution in [0.15, 0.2) is 0 Å². The summed E-state index contributed by atoms with van der Waals surface area (Å²) in [5.74, 6) is 1.28. The molecule has 0 saturated heterocycles. The van der Waals surface area contributed by atoms with Crippen molar-refractivity contribution in [3.63, 3.8) is 0 Å². The van der Waals surface area contributed by atoms with Gasteiger partial charge in [0.25, 0.3) is 0 Å². The molecule has 0 spiro atoms. The first-order chi connectivity index (χ1) is 11.5. The predicted molar refractivity (Wildman–Crippen MR) is 93.3 cm³/mol. The van der Waals surface area contributed by atoms with Gasteiger partial charge >= 0.3 is 11.9 Å². The van der Waals surface area contributed by atoms with E-state index < -0.39 is 0 Å². The molecule has 0 aromatic carbocycles. The van der Waals surface area contributed by atoms with Crippen molar-refractivity contribution in [2.45, 2.75) is 72.1 Å². The van der Waals surface area contributed by atoms with Gasteiger partial charge in [0.15, 0.2) is 0 Å². The van der Waals surface area contributed by atoms with Gasteiger partial charge in [0.1, 0.15) is 0 Å². The molecule has 2 aliphatic carbocycles. The topological polar surface area (TPSA) is 52.6 Å². The second-order valence-corrected chi connectivity index (χ2v) is 8.30. The van der Waals surface area contributed by atoms with Gasteiger partial charge in [-0.15, -0.1) is 0 Å². The number of hydrogen-bond acceptors (Lipinski definition) is 4. The molecule has 24 heavy (non-hydrogen) atoms. The Morgan fingerprint density at radius 2 is 1.25 bits per heavy atom. The van der Waals surface area contributed by atoms with E-state index in [-0.39, 0.29) is 29.7 Å². The predicted octanol–water partition coefficient (Wildman–Crippen LogP) is 4.36. The van der Waals surface area contributed by atoms with Crippen LogP contribution in [0.3, 0.4) is 0 Å². The number of rotatable bonds is 6. The maximum atomic E-state index is 12.1. The van der Waals surface area contributed by atoms with Crippen molar-refractivity contribution >= 4 is 11.9 Å². The van der Waals surface area contributed by atoms with Crippen LogP contribution in [-0.4, -0.2) is 25.2 Å². The summed E-state index contributed by atoms with van der Waals surface area (Å²) in [4.78, 5) is 24.3. The first kappa shape index (κ1) is 19.3. The highest BCUT2D eigenvalue weighted by Gasteiger charge is 2.28. The smallest absolute Gasteiger partial charge is 0.308 e. The summed E-state index contributed by atoms with van der Waals surface area (Å²) >= 11 is 0. The summed E-state index contributed by atoms with van der Waals surface area (Å²) in [7, 11) is 0. The van der Waals surface area contributed by atoms with Crippen LogP contribution in [0.1, 0.15) is 72.1 Å². The zero-order valence-corrected chi connectivity index (χ0v) is 15.6. The molecule has 0 bridgehead atoms. The van der Waals surface area contributed by atoms with Gasteiger partial charge in [-0.3, -0.25) is 9.59 Å². The lowest BCUT2D eigenvalue weighted by Gasteiger charge is -2.26. The molecule has 0 N–H and O–H groups in total. The normalized spacial score (nSPS) is 32.0. The standard InChI is InChI=1S/C20H34O4/c1-14-6-4-8-17(10-14)19(21)23-12-16(3)13-24-20(22)18-9-5-7-15(2)11-18/h14-18H,4-13H2,1-3H3. The largest absolute Gasteiger partial charge is 0.465 e. The molecule has 2 saturated carbocycles. The molecule has 4 nitrogen and oxygen atoms in total. The Bertz CT molecular complexity index is 382. The third-order valence-electron chi connectivity index (χ3n) is 5.56. The first-order valence-corrected chi connectivity index (χ1v) is 9.79. The maximum Gasteiger partial charge on any atom is 0.308 e. The minimum Gasteiger partial charge on any atom is -0.465 e. The van der Waals surface area contributed by atoms with E-state index in [1.54, 1.807) is 0 Å². The molecule has 0 aromatic heterocycles. The molecule has 138 valence electrons. The average Bonchev–Trinajstić information content (AvgIpc) is 2.57. The molecule has 0 heterocycles. The highest BCUT2D eigenvalue weighted by atomic mass is 16.5. The Balaban J connectivity index is 1.63. The van der Waals surface area contributed by atoms with Gasteiger partial charge < -0.3 is 9.47 Å². The Morgan fingerprint density at radius 1 is 0.833 bits per heavy atom. The maximum absolute atomic E-state index is 12.1. The molecular formula is C20H34O4. The van der Waals surface area contributed by atoms with E-state index in [0.29, 0.717) is 25.0 Å². The first-order valence-electron chi connectivity index (χ1n) is 9.79. The van der Waals surface area contributed by atoms with Gasteiger partial charge in [0.05, 0.1) is 25.0 Å². The van der Waals surface area contributed by atoms with E-state index >= 15 is 0 Å². The number of carbonyl (C=O) groups excluding carboxylic acids is 2. The van der Waals surface area contributed by atoms with Gasteiger partial charge in [-0.1, -0.05) is 46.5 Å². The molecule has 0 radical (unpaired) electrons. The summed E-state index contributed by atoms with van der Waals surface area (Å²) in [6.07, 6.45) is 8.47. The lowest BCUT2D eigenvalue weighted by Crippen LogP contribution is -2.28. The van der Waals surface area contributed by atoms with Gasteiger partial charge in [-0.2, -0.15) is 0 Å². The SMILES string of the molecule is CC(COC(=O)C1CCCC(C)C1)COC(=O)C1CCCC(C)C1. The van der Waals surface area contributed by atoms with Crippen molar-refractivity contribution in [3.05, 3.63) is 0 Å². The number of hydrogen-bond donors (Lipinski definition) is 0. The molecule has 2 rings (SSSR count). The van der Waals surface area contributed by atoms with Crippen LogP contribution in [0, 0.1) is 29.6 Å². The molecule has 4 heteroatoms. The second kappa shape index (κ2) is 9.43. The quantitative estimate of drug-likeness (QED) is 0.675. The molecule has 4 unspecified atom stereocenters. The molecule has 0 aromatic rings. The van der Waals surface area contributed by atoms with Crippen molar-refractivity contribution in [1.82, 2.24) is 0 Å².